The van der Waals surface area contributed by atoms with Crippen LogP contribution >= 0.6 is 0 Å². The van der Waals surface area contributed by atoms with Crippen LogP contribution in [-0.2, 0) is 4.74 Å². The first-order valence-corrected chi connectivity index (χ1v) is 4.53. The Morgan fingerprint density at radius 2 is 2.25 bits per heavy atom. The fourth-order valence-electron chi connectivity index (χ4n) is 1.38. The second kappa shape index (κ2) is 3.33. The highest BCUT2D eigenvalue weighted by molar-refractivity contribution is 5.70. The third-order valence-corrected chi connectivity index (χ3v) is 1.98. The summed E-state index contributed by atoms with van der Waals surface area (Å²) in [5.41, 5.74) is -0.287. The standard InChI is InChI=1S/C9H17NO2/c1-4-5-6-10-7-9(2,3)12-8(10)11/h4-7H2,1-3H3. The van der Waals surface area contributed by atoms with Crippen LogP contribution in [0.25, 0.3) is 0 Å². The Labute approximate surface area is 73.7 Å². The number of unbranched alkanes of at least 4 members (excludes halogenated alkanes) is 1. The van der Waals surface area contributed by atoms with Gasteiger partial charge in [0.2, 0.25) is 0 Å². The Bertz CT molecular complexity index is 177. The molecule has 1 saturated heterocycles. The van der Waals surface area contributed by atoms with Crippen molar-refractivity contribution < 1.29 is 9.53 Å². The zero-order valence-electron chi connectivity index (χ0n) is 8.09. The van der Waals surface area contributed by atoms with E-state index in [1.165, 1.54) is 0 Å². The number of amides is 1. The smallest absolute Gasteiger partial charge is 0.410 e. The van der Waals surface area contributed by atoms with Gasteiger partial charge in [-0.25, -0.2) is 4.79 Å². The molecule has 0 radical (unpaired) electrons. The van der Waals surface area contributed by atoms with Crippen LogP contribution in [0.3, 0.4) is 0 Å². The van der Waals surface area contributed by atoms with Gasteiger partial charge in [-0.15, -0.1) is 0 Å². The number of cyclic esters (lactones) is 1. The van der Waals surface area contributed by atoms with Gasteiger partial charge < -0.3 is 9.64 Å². The molecule has 0 aromatic rings. The summed E-state index contributed by atoms with van der Waals surface area (Å²) in [5.74, 6) is 0. The van der Waals surface area contributed by atoms with E-state index < -0.39 is 0 Å². The first-order chi connectivity index (χ1) is 5.55. The third-order valence-electron chi connectivity index (χ3n) is 1.98. The van der Waals surface area contributed by atoms with Gasteiger partial charge in [-0.2, -0.15) is 0 Å². The van der Waals surface area contributed by atoms with Gasteiger partial charge in [0.25, 0.3) is 0 Å². The zero-order valence-corrected chi connectivity index (χ0v) is 8.09. The molecule has 1 fully saturated rings. The number of hydrogen-bond acceptors (Lipinski definition) is 2. The van der Waals surface area contributed by atoms with E-state index in [4.69, 9.17) is 4.74 Å². The lowest BCUT2D eigenvalue weighted by atomic mass is 10.1. The highest BCUT2D eigenvalue weighted by atomic mass is 16.6. The molecule has 0 saturated carbocycles. The molecule has 3 nitrogen and oxygen atoms in total. The summed E-state index contributed by atoms with van der Waals surface area (Å²) in [4.78, 5) is 13.0. The van der Waals surface area contributed by atoms with Gasteiger partial charge in [-0.1, -0.05) is 13.3 Å². The van der Waals surface area contributed by atoms with Crippen LogP contribution in [0, 0.1) is 0 Å². The van der Waals surface area contributed by atoms with Crippen molar-refractivity contribution in [2.45, 2.75) is 39.2 Å². The number of nitrogens with zero attached hydrogens (tertiary/aromatic N) is 1. The summed E-state index contributed by atoms with van der Waals surface area (Å²) >= 11 is 0. The van der Waals surface area contributed by atoms with E-state index in [1.807, 2.05) is 13.8 Å². The SMILES string of the molecule is CCCCN1CC(C)(C)OC1=O. The van der Waals surface area contributed by atoms with Crippen molar-refractivity contribution in [2.75, 3.05) is 13.1 Å². The lowest BCUT2D eigenvalue weighted by molar-refractivity contribution is 0.0859. The summed E-state index contributed by atoms with van der Waals surface area (Å²) in [5, 5.41) is 0. The van der Waals surface area contributed by atoms with Crippen molar-refractivity contribution in [2.24, 2.45) is 0 Å². The molecule has 0 bridgehead atoms. The Morgan fingerprint density at radius 3 is 2.67 bits per heavy atom. The van der Waals surface area contributed by atoms with E-state index in [1.54, 1.807) is 4.90 Å². The largest absolute Gasteiger partial charge is 0.441 e. The van der Waals surface area contributed by atoms with Crippen molar-refractivity contribution >= 4 is 6.09 Å². The minimum absolute atomic E-state index is 0.159. The fourth-order valence-corrected chi connectivity index (χ4v) is 1.38. The molecule has 1 aliphatic heterocycles. The van der Waals surface area contributed by atoms with Gasteiger partial charge in [-0.05, 0) is 20.3 Å². The molecule has 1 heterocycles. The monoisotopic (exact) mass is 171 g/mol. The van der Waals surface area contributed by atoms with Crippen LogP contribution < -0.4 is 0 Å². The highest BCUT2D eigenvalue weighted by Gasteiger charge is 2.36. The van der Waals surface area contributed by atoms with Crippen molar-refractivity contribution in [3.05, 3.63) is 0 Å². The average molecular weight is 171 g/mol. The predicted molar refractivity (Wildman–Crippen MR) is 47.0 cm³/mol. The van der Waals surface area contributed by atoms with Gasteiger partial charge in [0.05, 0.1) is 6.54 Å². The first-order valence-electron chi connectivity index (χ1n) is 4.53. The maximum Gasteiger partial charge on any atom is 0.410 e. The molecule has 0 aromatic heterocycles. The van der Waals surface area contributed by atoms with Crippen LogP contribution in [0.2, 0.25) is 0 Å². The molecular formula is C9H17NO2. The van der Waals surface area contributed by atoms with Gasteiger partial charge in [0.15, 0.2) is 0 Å². The molecule has 1 amide bonds. The van der Waals surface area contributed by atoms with Gasteiger partial charge >= 0.3 is 6.09 Å². The van der Waals surface area contributed by atoms with E-state index in [9.17, 15) is 4.79 Å². The summed E-state index contributed by atoms with van der Waals surface area (Å²) in [6.45, 7) is 7.56. The van der Waals surface area contributed by atoms with Crippen molar-refractivity contribution in [3.8, 4) is 0 Å². The Morgan fingerprint density at radius 1 is 1.58 bits per heavy atom. The van der Waals surface area contributed by atoms with Crippen LogP contribution in [0.15, 0.2) is 0 Å². The molecule has 0 atom stereocenters. The minimum Gasteiger partial charge on any atom is -0.441 e. The quantitative estimate of drug-likeness (QED) is 0.650. The summed E-state index contributed by atoms with van der Waals surface area (Å²) < 4.78 is 5.15. The van der Waals surface area contributed by atoms with E-state index in [0.29, 0.717) is 0 Å². The van der Waals surface area contributed by atoms with Crippen molar-refractivity contribution in [1.82, 2.24) is 4.90 Å². The minimum atomic E-state index is -0.287. The third kappa shape index (κ3) is 2.13. The number of rotatable bonds is 3. The molecule has 0 unspecified atom stereocenters. The Balaban J connectivity index is 2.42. The fraction of sp³-hybridized carbons (Fsp3) is 0.889. The maximum atomic E-state index is 11.2. The molecule has 0 aromatic carbocycles. The molecular weight excluding hydrogens is 154 g/mol. The predicted octanol–water partition coefficient (Wildman–Crippen LogP) is 2.02. The van der Waals surface area contributed by atoms with Crippen molar-refractivity contribution in [1.29, 1.82) is 0 Å². The number of carbonyl (C=O) groups excluding carboxylic acids is 1. The second-order valence-corrected chi connectivity index (χ2v) is 3.90. The number of hydrogen-bond donors (Lipinski definition) is 0. The van der Waals surface area contributed by atoms with Crippen LogP contribution in [-0.4, -0.2) is 29.7 Å². The highest BCUT2D eigenvalue weighted by Crippen LogP contribution is 2.21. The average Bonchev–Trinajstić information content (AvgIpc) is 2.20. The van der Waals surface area contributed by atoms with Gasteiger partial charge in [-0.3, -0.25) is 0 Å². The van der Waals surface area contributed by atoms with Crippen LogP contribution in [0.5, 0.6) is 0 Å². The molecule has 0 spiro atoms. The first kappa shape index (κ1) is 9.36. The summed E-state index contributed by atoms with van der Waals surface area (Å²) in [7, 11) is 0. The molecule has 0 aliphatic carbocycles. The summed E-state index contributed by atoms with van der Waals surface area (Å²) in [6, 6.07) is 0. The molecule has 70 valence electrons. The lowest BCUT2D eigenvalue weighted by Gasteiger charge is -2.14. The van der Waals surface area contributed by atoms with Crippen LogP contribution in [0.1, 0.15) is 33.6 Å². The molecule has 3 heteroatoms. The van der Waals surface area contributed by atoms with E-state index in [-0.39, 0.29) is 11.7 Å². The van der Waals surface area contributed by atoms with E-state index in [0.717, 1.165) is 25.9 Å². The number of carbonyl (C=O) groups is 1. The summed E-state index contributed by atoms with van der Waals surface area (Å²) in [6.07, 6.45) is 2.02. The normalized spacial score (nSPS) is 21.2. The molecule has 1 aliphatic rings. The Kier molecular flexibility index (Phi) is 2.60. The number of ether oxygens (including phenoxy) is 1. The lowest BCUT2D eigenvalue weighted by Crippen LogP contribution is -2.29. The zero-order chi connectivity index (χ0) is 9.19. The second-order valence-electron chi connectivity index (χ2n) is 3.90. The molecule has 0 N–H and O–H groups in total. The topological polar surface area (TPSA) is 29.5 Å². The Hall–Kier alpha value is -0.730. The molecule has 1 rings (SSSR count). The van der Waals surface area contributed by atoms with Crippen molar-refractivity contribution in [3.63, 3.8) is 0 Å². The maximum absolute atomic E-state index is 11.2. The van der Waals surface area contributed by atoms with E-state index >= 15 is 0 Å². The van der Waals surface area contributed by atoms with Crippen LogP contribution in [0.4, 0.5) is 4.79 Å². The van der Waals surface area contributed by atoms with Gasteiger partial charge in [0.1, 0.15) is 5.60 Å². The van der Waals surface area contributed by atoms with E-state index in [2.05, 4.69) is 6.92 Å². The molecule has 12 heavy (non-hydrogen) atoms. The van der Waals surface area contributed by atoms with Gasteiger partial charge in [0, 0.05) is 6.54 Å².